The van der Waals surface area contributed by atoms with E-state index in [0.29, 0.717) is 28.4 Å². The average molecular weight is 535 g/mol. The Balaban J connectivity index is 1.22. The topological polar surface area (TPSA) is 85.6 Å². The predicted molar refractivity (Wildman–Crippen MR) is 156 cm³/mol. The van der Waals surface area contributed by atoms with Crippen LogP contribution in [-0.4, -0.2) is 27.4 Å². The van der Waals surface area contributed by atoms with E-state index in [1.54, 1.807) is 22.9 Å². The molecule has 0 saturated carbocycles. The van der Waals surface area contributed by atoms with Gasteiger partial charge >= 0.3 is 0 Å². The number of ether oxygens (including phenoxy) is 1. The highest BCUT2D eigenvalue weighted by atomic mass is 32.2. The Hall–Kier alpha value is -4.69. The van der Waals surface area contributed by atoms with E-state index in [2.05, 4.69) is 15.5 Å². The molecule has 8 heteroatoms. The van der Waals surface area contributed by atoms with Crippen molar-refractivity contribution in [2.75, 3.05) is 5.75 Å². The summed E-state index contributed by atoms with van der Waals surface area (Å²) >= 11 is 1.18. The SMILES string of the molecule is Cc1ccc(-n2c(SCC(=O)N/N=C\c3ccc(OCc4ccccc4)cc3)nc3ccccc3c2=O)cc1. The van der Waals surface area contributed by atoms with Crippen LogP contribution in [0.15, 0.2) is 118 Å². The van der Waals surface area contributed by atoms with Crippen molar-refractivity contribution in [1.29, 1.82) is 0 Å². The molecule has 39 heavy (non-hydrogen) atoms. The van der Waals surface area contributed by atoms with Crippen LogP contribution in [0, 0.1) is 6.92 Å². The molecule has 4 aromatic carbocycles. The Morgan fingerprint density at radius 2 is 1.67 bits per heavy atom. The third-order valence-corrected chi connectivity index (χ3v) is 6.84. The maximum absolute atomic E-state index is 13.3. The number of thioether (sulfide) groups is 1. The van der Waals surface area contributed by atoms with Crippen LogP contribution in [0.5, 0.6) is 5.75 Å². The highest BCUT2D eigenvalue weighted by molar-refractivity contribution is 7.99. The third-order valence-electron chi connectivity index (χ3n) is 5.90. The monoisotopic (exact) mass is 534 g/mol. The molecule has 0 atom stereocenters. The number of aryl methyl sites for hydroxylation is 1. The van der Waals surface area contributed by atoms with E-state index in [4.69, 9.17) is 4.74 Å². The molecule has 0 unspecified atom stereocenters. The molecule has 0 spiro atoms. The van der Waals surface area contributed by atoms with Gasteiger partial charge in [-0.15, -0.1) is 0 Å². The molecule has 194 valence electrons. The van der Waals surface area contributed by atoms with Gasteiger partial charge < -0.3 is 4.74 Å². The number of nitrogens with one attached hydrogen (secondary N) is 1. The second kappa shape index (κ2) is 12.2. The number of carbonyl (C=O) groups is 1. The number of rotatable bonds is 9. The minimum absolute atomic E-state index is 0.0419. The first-order valence-electron chi connectivity index (χ1n) is 12.4. The zero-order chi connectivity index (χ0) is 27.0. The molecule has 1 heterocycles. The molecule has 0 radical (unpaired) electrons. The van der Waals surface area contributed by atoms with Gasteiger partial charge in [-0.3, -0.25) is 14.2 Å². The van der Waals surface area contributed by atoms with Crippen LogP contribution in [0.25, 0.3) is 16.6 Å². The van der Waals surface area contributed by atoms with Gasteiger partial charge in [0, 0.05) is 0 Å². The second-order valence-corrected chi connectivity index (χ2v) is 9.76. The molecule has 0 saturated heterocycles. The Kier molecular flexibility index (Phi) is 8.14. The maximum atomic E-state index is 13.3. The van der Waals surface area contributed by atoms with Crippen molar-refractivity contribution in [3.63, 3.8) is 0 Å². The van der Waals surface area contributed by atoms with E-state index in [1.165, 1.54) is 11.8 Å². The number of fused-ring (bicyclic) bond motifs is 1. The van der Waals surface area contributed by atoms with Crippen LogP contribution >= 0.6 is 11.8 Å². The molecule has 1 aromatic heterocycles. The van der Waals surface area contributed by atoms with Crippen molar-refractivity contribution in [1.82, 2.24) is 15.0 Å². The van der Waals surface area contributed by atoms with Gasteiger partial charge in [0.05, 0.1) is 28.6 Å². The van der Waals surface area contributed by atoms with Gasteiger partial charge in [0.2, 0.25) is 0 Å². The molecule has 5 aromatic rings. The molecule has 0 bridgehead atoms. The van der Waals surface area contributed by atoms with Crippen LogP contribution < -0.4 is 15.7 Å². The lowest BCUT2D eigenvalue weighted by atomic mass is 10.2. The standard InChI is InChI=1S/C31H26N4O3S/c1-22-11-15-25(16-12-22)35-30(37)27-9-5-6-10-28(27)33-31(35)39-21-29(36)34-32-19-23-13-17-26(18-14-23)38-20-24-7-3-2-4-8-24/h2-19H,20-21H2,1H3,(H,34,36)/b32-19-. The Morgan fingerprint density at radius 1 is 0.949 bits per heavy atom. The molecule has 7 nitrogen and oxygen atoms in total. The molecule has 0 aliphatic rings. The molecular weight excluding hydrogens is 508 g/mol. The highest BCUT2D eigenvalue weighted by Crippen LogP contribution is 2.21. The number of hydrogen-bond acceptors (Lipinski definition) is 6. The van der Waals surface area contributed by atoms with Crippen molar-refractivity contribution in [3.8, 4) is 11.4 Å². The van der Waals surface area contributed by atoms with Crippen LogP contribution in [-0.2, 0) is 11.4 Å². The van der Waals surface area contributed by atoms with E-state index >= 15 is 0 Å². The number of hydrogen-bond donors (Lipinski definition) is 1. The third kappa shape index (κ3) is 6.61. The van der Waals surface area contributed by atoms with Gasteiger partial charge in [-0.25, -0.2) is 10.4 Å². The highest BCUT2D eigenvalue weighted by Gasteiger charge is 2.14. The fraction of sp³-hybridized carbons (Fsp3) is 0.0968. The van der Waals surface area contributed by atoms with Crippen molar-refractivity contribution in [3.05, 3.63) is 130 Å². The first kappa shape index (κ1) is 25.9. The summed E-state index contributed by atoms with van der Waals surface area (Å²) in [6, 6.07) is 32.2. The molecule has 1 N–H and O–H groups in total. The fourth-order valence-corrected chi connectivity index (χ4v) is 4.67. The minimum Gasteiger partial charge on any atom is -0.489 e. The largest absolute Gasteiger partial charge is 0.489 e. The number of benzene rings is 4. The summed E-state index contributed by atoms with van der Waals surface area (Å²) < 4.78 is 7.35. The number of amides is 1. The summed E-state index contributed by atoms with van der Waals surface area (Å²) in [5, 5.41) is 5.03. The van der Waals surface area contributed by atoms with Gasteiger partial charge in [-0.2, -0.15) is 5.10 Å². The fourth-order valence-electron chi connectivity index (χ4n) is 3.86. The summed E-state index contributed by atoms with van der Waals surface area (Å²) in [6.07, 6.45) is 1.57. The molecular formula is C31H26N4O3S. The molecule has 0 aliphatic carbocycles. The summed E-state index contributed by atoms with van der Waals surface area (Å²) in [5.74, 6) is 0.483. The van der Waals surface area contributed by atoms with Crippen LogP contribution in [0.2, 0.25) is 0 Å². The molecule has 5 rings (SSSR count). The lowest BCUT2D eigenvalue weighted by molar-refractivity contribution is -0.118. The van der Waals surface area contributed by atoms with E-state index in [0.717, 1.165) is 22.4 Å². The van der Waals surface area contributed by atoms with Crippen molar-refractivity contribution >= 4 is 34.8 Å². The first-order chi connectivity index (χ1) is 19.1. The second-order valence-electron chi connectivity index (χ2n) is 8.81. The Morgan fingerprint density at radius 3 is 2.44 bits per heavy atom. The Labute approximate surface area is 230 Å². The predicted octanol–water partition coefficient (Wildman–Crippen LogP) is 5.52. The van der Waals surface area contributed by atoms with Crippen molar-refractivity contribution in [2.45, 2.75) is 18.7 Å². The van der Waals surface area contributed by atoms with Gasteiger partial charge in [0.15, 0.2) is 5.16 Å². The van der Waals surface area contributed by atoms with Gasteiger partial charge in [-0.1, -0.05) is 71.9 Å². The summed E-state index contributed by atoms with van der Waals surface area (Å²) in [5.41, 5.74) is 6.65. The first-order valence-corrected chi connectivity index (χ1v) is 13.4. The Bertz CT molecular complexity index is 1670. The smallest absolute Gasteiger partial charge is 0.266 e. The van der Waals surface area contributed by atoms with Gasteiger partial charge in [-0.05, 0) is 66.6 Å². The summed E-state index contributed by atoms with van der Waals surface area (Å²) in [7, 11) is 0. The van der Waals surface area contributed by atoms with Gasteiger partial charge in [0.25, 0.3) is 11.5 Å². The molecule has 0 fully saturated rings. The lowest BCUT2D eigenvalue weighted by Gasteiger charge is -2.13. The zero-order valence-electron chi connectivity index (χ0n) is 21.3. The van der Waals surface area contributed by atoms with Crippen molar-refractivity contribution in [2.24, 2.45) is 5.10 Å². The maximum Gasteiger partial charge on any atom is 0.266 e. The zero-order valence-corrected chi connectivity index (χ0v) is 22.1. The van der Waals surface area contributed by atoms with Gasteiger partial charge in [0.1, 0.15) is 12.4 Å². The van der Waals surface area contributed by atoms with E-state index < -0.39 is 0 Å². The number of aromatic nitrogens is 2. The lowest BCUT2D eigenvalue weighted by Crippen LogP contribution is -2.24. The molecule has 0 aliphatic heterocycles. The number of hydrazone groups is 1. The summed E-state index contributed by atoms with van der Waals surface area (Å²) in [6.45, 7) is 2.48. The van der Waals surface area contributed by atoms with Crippen molar-refractivity contribution < 1.29 is 9.53 Å². The van der Waals surface area contributed by atoms with E-state index in [1.807, 2.05) is 97.9 Å². The molecule has 1 amide bonds. The normalized spacial score (nSPS) is 11.1. The average Bonchev–Trinajstić information content (AvgIpc) is 2.97. The number of nitrogens with zero attached hydrogens (tertiary/aromatic N) is 3. The number of carbonyl (C=O) groups excluding carboxylic acids is 1. The van der Waals surface area contributed by atoms with E-state index in [9.17, 15) is 9.59 Å². The van der Waals surface area contributed by atoms with Crippen LogP contribution in [0.1, 0.15) is 16.7 Å². The number of para-hydroxylation sites is 1. The minimum atomic E-state index is -0.308. The van der Waals surface area contributed by atoms with E-state index in [-0.39, 0.29) is 17.2 Å². The van der Waals surface area contributed by atoms with Crippen LogP contribution in [0.3, 0.4) is 0 Å². The summed E-state index contributed by atoms with van der Waals surface area (Å²) in [4.78, 5) is 30.5. The quantitative estimate of drug-likeness (QED) is 0.117. The van der Waals surface area contributed by atoms with Crippen LogP contribution in [0.4, 0.5) is 0 Å².